The van der Waals surface area contributed by atoms with Gasteiger partial charge in [-0.25, -0.2) is 4.39 Å². The number of carbonyl (C=O) groups is 1. The topological polar surface area (TPSA) is 20.3 Å². The quantitative estimate of drug-likeness (QED) is 0.733. The van der Waals surface area contributed by atoms with Gasteiger partial charge in [0.1, 0.15) is 5.82 Å². The molecule has 0 fully saturated rings. The fourth-order valence-corrected chi connectivity index (χ4v) is 2.40. The van der Waals surface area contributed by atoms with Gasteiger partial charge in [0.15, 0.2) is 5.78 Å². The molecule has 0 amide bonds. The van der Waals surface area contributed by atoms with Crippen LogP contribution in [0.5, 0.6) is 0 Å². The first-order valence-electron chi connectivity index (χ1n) is 6.50. The van der Waals surface area contributed by atoms with Gasteiger partial charge < -0.3 is 4.90 Å². The van der Waals surface area contributed by atoms with Crippen molar-refractivity contribution in [2.75, 3.05) is 18.0 Å². The first-order chi connectivity index (χ1) is 10.0. The Morgan fingerprint density at radius 3 is 2.43 bits per heavy atom. The Bertz CT molecular complexity index is 643. The summed E-state index contributed by atoms with van der Waals surface area (Å²) in [7, 11) is 0. The van der Waals surface area contributed by atoms with E-state index in [0.29, 0.717) is 22.2 Å². The molecule has 2 aromatic carbocycles. The van der Waals surface area contributed by atoms with Gasteiger partial charge in [-0.05, 0) is 49.4 Å². The molecule has 0 spiro atoms. The average Bonchev–Trinajstić information content (AvgIpc) is 2.48. The van der Waals surface area contributed by atoms with Gasteiger partial charge in [-0.2, -0.15) is 0 Å². The number of hydrogen-bond donors (Lipinski definition) is 0. The van der Waals surface area contributed by atoms with Crippen LogP contribution in [0.25, 0.3) is 0 Å². The van der Waals surface area contributed by atoms with E-state index in [-0.39, 0.29) is 18.1 Å². The summed E-state index contributed by atoms with van der Waals surface area (Å²) < 4.78 is 13.0. The first kappa shape index (κ1) is 15.8. The van der Waals surface area contributed by atoms with Gasteiger partial charge in [0.2, 0.25) is 0 Å². The molecule has 110 valence electrons. The Balaban J connectivity index is 2.20. The number of halogens is 3. The van der Waals surface area contributed by atoms with Gasteiger partial charge >= 0.3 is 0 Å². The van der Waals surface area contributed by atoms with Crippen LogP contribution in [0.4, 0.5) is 10.1 Å². The van der Waals surface area contributed by atoms with Crippen molar-refractivity contribution in [3.8, 4) is 0 Å². The van der Waals surface area contributed by atoms with Gasteiger partial charge in [-0.15, -0.1) is 0 Å². The zero-order valence-corrected chi connectivity index (χ0v) is 13.0. The lowest BCUT2D eigenvalue weighted by molar-refractivity contribution is 0.0999. The number of hydrogen-bond acceptors (Lipinski definition) is 2. The van der Waals surface area contributed by atoms with Crippen molar-refractivity contribution < 1.29 is 9.18 Å². The van der Waals surface area contributed by atoms with Gasteiger partial charge in [-0.1, -0.05) is 23.2 Å². The normalized spacial score (nSPS) is 10.5. The molecule has 0 bridgehead atoms. The molecule has 0 saturated carbocycles. The van der Waals surface area contributed by atoms with Crippen LogP contribution in [0, 0.1) is 5.82 Å². The minimum atomic E-state index is -0.306. The van der Waals surface area contributed by atoms with Crippen LogP contribution in [0.15, 0.2) is 42.5 Å². The number of rotatable bonds is 5. The zero-order chi connectivity index (χ0) is 15.4. The molecule has 0 radical (unpaired) electrons. The molecule has 21 heavy (non-hydrogen) atoms. The molecule has 0 atom stereocenters. The van der Waals surface area contributed by atoms with Gasteiger partial charge in [0.25, 0.3) is 0 Å². The van der Waals surface area contributed by atoms with Crippen molar-refractivity contribution in [2.45, 2.75) is 6.92 Å². The third-order valence-electron chi connectivity index (χ3n) is 3.14. The molecule has 0 aromatic heterocycles. The second-order valence-electron chi connectivity index (χ2n) is 4.54. The first-order valence-corrected chi connectivity index (χ1v) is 7.25. The number of Topliss-reactive ketones (excluding diaryl/α,β-unsaturated/α-hetero) is 1. The number of ketones is 1. The van der Waals surface area contributed by atoms with E-state index in [9.17, 15) is 9.18 Å². The molecule has 0 aliphatic rings. The van der Waals surface area contributed by atoms with Crippen LogP contribution in [-0.2, 0) is 0 Å². The van der Waals surface area contributed by atoms with Crippen molar-refractivity contribution in [2.24, 2.45) is 0 Å². The third-order valence-corrected chi connectivity index (χ3v) is 3.70. The monoisotopic (exact) mass is 325 g/mol. The summed E-state index contributed by atoms with van der Waals surface area (Å²) in [6.07, 6.45) is 0. The fourth-order valence-electron chi connectivity index (χ4n) is 2.01. The summed E-state index contributed by atoms with van der Waals surface area (Å²) in [5.74, 6) is -0.437. The molecule has 2 nitrogen and oxygen atoms in total. The second kappa shape index (κ2) is 6.92. The van der Waals surface area contributed by atoms with Crippen molar-refractivity contribution in [3.63, 3.8) is 0 Å². The maximum absolute atomic E-state index is 13.0. The number of anilines is 1. The highest BCUT2D eigenvalue weighted by atomic mass is 35.5. The van der Waals surface area contributed by atoms with Crippen molar-refractivity contribution in [1.29, 1.82) is 0 Å². The maximum Gasteiger partial charge on any atom is 0.183 e. The highest BCUT2D eigenvalue weighted by Gasteiger charge is 2.15. The molecule has 0 unspecified atom stereocenters. The second-order valence-corrected chi connectivity index (χ2v) is 5.38. The Morgan fingerprint density at radius 1 is 1.14 bits per heavy atom. The standard InChI is InChI=1S/C16H14Cl2FNO/c1-2-20(13-6-4-12(19)5-7-13)10-16(21)14-9-11(17)3-8-15(14)18/h3-9H,2,10H2,1H3. The third kappa shape index (κ3) is 3.96. The Labute approximate surface area is 133 Å². The molecule has 5 heteroatoms. The molecule has 0 heterocycles. The summed E-state index contributed by atoms with van der Waals surface area (Å²) in [6.45, 7) is 2.70. The Morgan fingerprint density at radius 2 is 1.81 bits per heavy atom. The van der Waals surface area contributed by atoms with Crippen LogP contribution in [0.2, 0.25) is 10.0 Å². The zero-order valence-electron chi connectivity index (χ0n) is 11.4. The predicted octanol–water partition coefficient (Wildman–Crippen LogP) is 4.84. The summed E-state index contributed by atoms with van der Waals surface area (Å²) in [5.41, 5.74) is 1.18. The minimum Gasteiger partial charge on any atom is -0.364 e. The molecule has 0 saturated heterocycles. The molecule has 2 rings (SSSR count). The van der Waals surface area contributed by atoms with E-state index in [1.165, 1.54) is 12.1 Å². The molecule has 2 aromatic rings. The van der Waals surface area contributed by atoms with Gasteiger partial charge in [-0.3, -0.25) is 4.79 Å². The van der Waals surface area contributed by atoms with Crippen LogP contribution in [-0.4, -0.2) is 18.9 Å². The SMILES string of the molecule is CCN(CC(=O)c1cc(Cl)ccc1Cl)c1ccc(F)cc1. The van der Waals surface area contributed by atoms with E-state index in [1.807, 2.05) is 11.8 Å². The van der Waals surface area contributed by atoms with E-state index >= 15 is 0 Å². The molecular weight excluding hydrogens is 312 g/mol. The lowest BCUT2D eigenvalue weighted by Crippen LogP contribution is -2.29. The van der Waals surface area contributed by atoms with E-state index < -0.39 is 0 Å². The summed E-state index contributed by atoms with van der Waals surface area (Å²) in [4.78, 5) is 14.2. The van der Waals surface area contributed by atoms with Crippen molar-refractivity contribution in [3.05, 3.63) is 63.9 Å². The summed E-state index contributed by atoms with van der Waals surface area (Å²) >= 11 is 11.9. The average molecular weight is 326 g/mol. The Hall–Kier alpha value is -1.58. The smallest absolute Gasteiger partial charge is 0.183 e. The lowest BCUT2D eigenvalue weighted by atomic mass is 10.1. The largest absolute Gasteiger partial charge is 0.364 e. The fraction of sp³-hybridized carbons (Fsp3) is 0.188. The van der Waals surface area contributed by atoms with E-state index in [4.69, 9.17) is 23.2 Å². The summed E-state index contributed by atoms with van der Waals surface area (Å²) in [6, 6.07) is 10.8. The van der Waals surface area contributed by atoms with Gasteiger partial charge in [0, 0.05) is 22.8 Å². The number of carbonyl (C=O) groups excluding carboxylic acids is 1. The summed E-state index contributed by atoms with van der Waals surface area (Å²) in [5, 5.41) is 0.840. The molecule has 0 aliphatic heterocycles. The van der Waals surface area contributed by atoms with Crippen LogP contribution >= 0.6 is 23.2 Å². The van der Waals surface area contributed by atoms with Crippen LogP contribution in [0.1, 0.15) is 17.3 Å². The molecule has 0 N–H and O–H groups in total. The van der Waals surface area contributed by atoms with E-state index in [2.05, 4.69) is 0 Å². The predicted molar refractivity (Wildman–Crippen MR) is 85.1 cm³/mol. The van der Waals surface area contributed by atoms with Crippen LogP contribution < -0.4 is 4.90 Å². The molecular formula is C16H14Cl2FNO. The minimum absolute atomic E-state index is 0.131. The lowest BCUT2D eigenvalue weighted by Gasteiger charge is -2.22. The van der Waals surface area contributed by atoms with E-state index in [1.54, 1.807) is 30.3 Å². The van der Waals surface area contributed by atoms with E-state index in [0.717, 1.165) is 5.69 Å². The Kier molecular flexibility index (Phi) is 5.21. The molecule has 0 aliphatic carbocycles. The van der Waals surface area contributed by atoms with Crippen LogP contribution in [0.3, 0.4) is 0 Å². The number of nitrogens with zero attached hydrogens (tertiary/aromatic N) is 1. The van der Waals surface area contributed by atoms with Gasteiger partial charge in [0.05, 0.1) is 11.6 Å². The number of likely N-dealkylation sites (N-methyl/N-ethyl adjacent to an activating group) is 1. The van der Waals surface area contributed by atoms with Crippen molar-refractivity contribution in [1.82, 2.24) is 0 Å². The maximum atomic E-state index is 13.0. The highest BCUT2D eigenvalue weighted by Crippen LogP contribution is 2.22. The highest BCUT2D eigenvalue weighted by molar-refractivity contribution is 6.36. The number of benzene rings is 2. The van der Waals surface area contributed by atoms with Crippen molar-refractivity contribution >= 4 is 34.7 Å².